The Morgan fingerprint density at radius 3 is 2.69 bits per heavy atom. The first-order valence-electron chi connectivity index (χ1n) is 5.53. The van der Waals surface area contributed by atoms with Gasteiger partial charge in [0, 0.05) is 5.25 Å². The van der Waals surface area contributed by atoms with Crippen molar-refractivity contribution >= 4 is 11.8 Å². The van der Waals surface area contributed by atoms with Crippen molar-refractivity contribution in [3.05, 3.63) is 0 Å². The molecule has 0 aromatic rings. The summed E-state index contributed by atoms with van der Waals surface area (Å²) in [6.07, 6.45) is 6.02. The second-order valence-corrected chi connectivity index (χ2v) is 5.51. The summed E-state index contributed by atoms with van der Waals surface area (Å²) in [6.45, 7) is 4.53. The van der Waals surface area contributed by atoms with Gasteiger partial charge < -0.3 is 5.11 Å². The molecule has 13 heavy (non-hydrogen) atoms. The zero-order chi connectivity index (χ0) is 9.68. The third kappa shape index (κ3) is 3.90. The van der Waals surface area contributed by atoms with Crippen LogP contribution in [-0.4, -0.2) is 22.2 Å². The van der Waals surface area contributed by atoms with Crippen LogP contribution < -0.4 is 0 Å². The van der Waals surface area contributed by atoms with E-state index < -0.39 is 0 Å². The average molecular weight is 202 g/mol. The van der Waals surface area contributed by atoms with Gasteiger partial charge in [0.2, 0.25) is 0 Å². The number of hydrogen-bond donors (Lipinski definition) is 1. The second kappa shape index (κ2) is 5.92. The molecule has 0 aromatic carbocycles. The highest BCUT2D eigenvalue weighted by Gasteiger charge is 2.23. The Kier molecular flexibility index (Phi) is 5.18. The van der Waals surface area contributed by atoms with Crippen LogP contribution in [-0.2, 0) is 0 Å². The summed E-state index contributed by atoms with van der Waals surface area (Å²) in [5.74, 6) is 2.03. The molecule has 0 amide bonds. The smallest absolute Gasteiger partial charge is 0.0658 e. The van der Waals surface area contributed by atoms with Crippen LogP contribution in [0.3, 0.4) is 0 Å². The van der Waals surface area contributed by atoms with Gasteiger partial charge in [-0.1, -0.05) is 33.1 Å². The van der Waals surface area contributed by atoms with Crippen LogP contribution in [0, 0.1) is 5.92 Å². The van der Waals surface area contributed by atoms with Gasteiger partial charge >= 0.3 is 0 Å². The van der Waals surface area contributed by atoms with Crippen molar-refractivity contribution in [3.8, 4) is 0 Å². The van der Waals surface area contributed by atoms with Gasteiger partial charge in [0.25, 0.3) is 0 Å². The monoisotopic (exact) mass is 202 g/mol. The van der Waals surface area contributed by atoms with E-state index in [-0.39, 0.29) is 6.10 Å². The topological polar surface area (TPSA) is 20.2 Å². The van der Waals surface area contributed by atoms with Crippen LogP contribution >= 0.6 is 11.8 Å². The maximum atomic E-state index is 9.73. The molecule has 0 aromatic heterocycles. The molecule has 0 heterocycles. The van der Waals surface area contributed by atoms with Gasteiger partial charge in [0.1, 0.15) is 0 Å². The molecule has 1 N–H and O–H groups in total. The zero-order valence-electron chi connectivity index (χ0n) is 8.83. The van der Waals surface area contributed by atoms with E-state index in [1.807, 2.05) is 11.8 Å². The molecular weight excluding hydrogens is 180 g/mol. The van der Waals surface area contributed by atoms with Crippen LogP contribution in [0.15, 0.2) is 0 Å². The maximum absolute atomic E-state index is 9.73. The molecule has 2 heteroatoms. The SMILES string of the molecule is CCC(C)CS[C@H]1CCCC[C@@H]1O. The standard InChI is InChI=1S/C11H22OS/c1-3-9(2)8-13-11-7-5-4-6-10(11)12/h9-12H,3-8H2,1-2H3/t9?,10-,11-/m0/s1. The highest BCUT2D eigenvalue weighted by atomic mass is 32.2. The molecule has 3 atom stereocenters. The minimum Gasteiger partial charge on any atom is -0.392 e. The van der Waals surface area contributed by atoms with Gasteiger partial charge in [0.05, 0.1) is 6.10 Å². The highest BCUT2D eigenvalue weighted by Crippen LogP contribution is 2.30. The minimum atomic E-state index is -0.0252. The summed E-state index contributed by atoms with van der Waals surface area (Å²) in [7, 11) is 0. The fourth-order valence-corrected chi connectivity index (χ4v) is 3.18. The molecule has 0 bridgehead atoms. The third-order valence-electron chi connectivity index (χ3n) is 2.96. The van der Waals surface area contributed by atoms with Crippen LogP contribution in [0.5, 0.6) is 0 Å². The summed E-state index contributed by atoms with van der Waals surface area (Å²) in [5, 5.41) is 10.3. The Morgan fingerprint density at radius 2 is 2.08 bits per heavy atom. The Balaban J connectivity index is 2.18. The molecule has 1 aliphatic carbocycles. The average Bonchev–Trinajstić information content (AvgIpc) is 2.16. The molecule has 1 fully saturated rings. The van der Waals surface area contributed by atoms with Gasteiger partial charge in [-0.15, -0.1) is 0 Å². The van der Waals surface area contributed by atoms with E-state index in [2.05, 4.69) is 13.8 Å². The van der Waals surface area contributed by atoms with Crippen molar-refractivity contribution < 1.29 is 5.11 Å². The van der Waals surface area contributed by atoms with Gasteiger partial charge in [0.15, 0.2) is 0 Å². The predicted molar refractivity (Wildman–Crippen MR) is 60.2 cm³/mol. The van der Waals surface area contributed by atoms with Crippen LogP contribution in [0.2, 0.25) is 0 Å². The molecule has 1 rings (SSSR count). The van der Waals surface area contributed by atoms with E-state index in [0.29, 0.717) is 5.25 Å². The first kappa shape index (κ1) is 11.4. The van der Waals surface area contributed by atoms with Crippen molar-refractivity contribution in [2.24, 2.45) is 5.92 Å². The predicted octanol–water partition coefficient (Wildman–Crippen LogP) is 3.07. The molecule has 78 valence electrons. The lowest BCUT2D eigenvalue weighted by Crippen LogP contribution is -2.27. The van der Waals surface area contributed by atoms with Gasteiger partial charge in [-0.3, -0.25) is 0 Å². The number of thioether (sulfide) groups is 1. The fraction of sp³-hybridized carbons (Fsp3) is 1.00. The normalized spacial score (nSPS) is 31.6. The van der Waals surface area contributed by atoms with E-state index in [1.54, 1.807) is 0 Å². The first-order chi connectivity index (χ1) is 6.24. The summed E-state index contributed by atoms with van der Waals surface area (Å²) in [4.78, 5) is 0. The van der Waals surface area contributed by atoms with E-state index in [4.69, 9.17) is 0 Å². The summed E-state index contributed by atoms with van der Waals surface area (Å²) in [5.41, 5.74) is 0. The van der Waals surface area contributed by atoms with E-state index in [1.165, 1.54) is 31.4 Å². The second-order valence-electron chi connectivity index (χ2n) is 4.24. The van der Waals surface area contributed by atoms with Crippen molar-refractivity contribution in [3.63, 3.8) is 0 Å². The molecule has 1 nitrogen and oxygen atoms in total. The van der Waals surface area contributed by atoms with Crippen LogP contribution in [0.4, 0.5) is 0 Å². The van der Waals surface area contributed by atoms with Crippen molar-refractivity contribution in [2.45, 2.75) is 57.3 Å². The summed E-state index contributed by atoms with van der Waals surface area (Å²) < 4.78 is 0. The molecule has 1 unspecified atom stereocenters. The number of aliphatic hydroxyl groups excluding tert-OH is 1. The van der Waals surface area contributed by atoms with E-state index in [9.17, 15) is 5.11 Å². The molecule has 0 aliphatic heterocycles. The molecule has 0 spiro atoms. The third-order valence-corrected chi connectivity index (χ3v) is 4.70. The lowest BCUT2D eigenvalue weighted by molar-refractivity contribution is 0.137. The molecule has 0 saturated heterocycles. The highest BCUT2D eigenvalue weighted by molar-refractivity contribution is 7.99. The molecule has 0 radical (unpaired) electrons. The molecule has 1 aliphatic rings. The van der Waals surface area contributed by atoms with Gasteiger partial charge in [-0.25, -0.2) is 0 Å². The van der Waals surface area contributed by atoms with Crippen LogP contribution in [0.1, 0.15) is 46.0 Å². The van der Waals surface area contributed by atoms with Crippen molar-refractivity contribution in [1.82, 2.24) is 0 Å². The molecule has 1 saturated carbocycles. The summed E-state index contributed by atoms with van der Waals surface area (Å²) in [6, 6.07) is 0. The van der Waals surface area contributed by atoms with Gasteiger partial charge in [-0.2, -0.15) is 11.8 Å². The number of aliphatic hydroxyl groups is 1. The minimum absolute atomic E-state index is 0.0252. The summed E-state index contributed by atoms with van der Waals surface area (Å²) >= 11 is 1.99. The Labute approximate surface area is 86.3 Å². The van der Waals surface area contributed by atoms with Crippen molar-refractivity contribution in [1.29, 1.82) is 0 Å². The zero-order valence-corrected chi connectivity index (χ0v) is 9.65. The quantitative estimate of drug-likeness (QED) is 0.756. The Bertz CT molecular complexity index is 138. The van der Waals surface area contributed by atoms with Gasteiger partial charge in [-0.05, 0) is 24.5 Å². The number of rotatable bonds is 4. The lowest BCUT2D eigenvalue weighted by atomic mass is 9.97. The van der Waals surface area contributed by atoms with E-state index >= 15 is 0 Å². The van der Waals surface area contributed by atoms with Crippen molar-refractivity contribution in [2.75, 3.05) is 5.75 Å². The lowest BCUT2D eigenvalue weighted by Gasteiger charge is -2.27. The fourth-order valence-electron chi connectivity index (χ4n) is 1.68. The molecular formula is C11H22OS. The Morgan fingerprint density at radius 1 is 1.38 bits per heavy atom. The first-order valence-corrected chi connectivity index (χ1v) is 6.58. The Hall–Kier alpha value is 0.310. The van der Waals surface area contributed by atoms with Crippen LogP contribution in [0.25, 0.3) is 0 Å². The maximum Gasteiger partial charge on any atom is 0.0658 e. The largest absolute Gasteiger partial charge is 0.392 e. The van der Waals surface area contributed by atoms with E-state index in [0.717, 1.165) is 12.3 Å². The number of hydrogen-bond acceptors (Lipinski definition) is 2.